The van der Waals surface area contributed by atoms with Gasteiger partial charge in [-0.05, 0) is 6.92 Å². The molecule has 0 aliphatic carbocycles. The summed E-state index contributed by atoms with van der Waals surface area (Å²) in [5.41, 5.74) is 1.67. The van der Waals surface area contributed by atoms with Crippen LogP contribution in [0.5, 0.6) is 0 Å². The van der Waals surface area contributed by atoms with Gasteiger partial charge in [-0.3, -0.25) is 11.8 Å². The minimum Gasteiger partial charge on any atom is -0.493 e. The first-order valence-electron chi connectivity index (χ1n) is 4.61. The second kappa shape index (κ2) is 10.6. The molecule has 0 fully saturated rings. The van der Waals surface area contributed by atoms with Gasteiger partial charge in [0.15, 0.2) is 0 Å². The molecule has 0 aromatic carbocycles. The number of nitrogens with zero attached hydrogens (tertiary/aromatic N) is 2. The van der Waals surface area contributed by atoms with E-state index in [1.807, 2.05) is 33.8 Å². The number of hydrogen-bond acceptors (Lipinski definition) is 2. The van der Waals surface area contributed by atoms with Crippen molar-refractivity contribution in [1.82, 2.24) is 4.98 Å². The molecule has 0 saturated heterocycles. The van der Waals surface area contributed by atoms with Gasteiger partial charge >= 0.3 is 21.1 Å². The Balaban J connectivity index is 0. The SMILES string of the molecule is CC.CC[C-]=Nc1[c-]c(C)ncc1.[W+2]. The number of rotatable bonds is 2. The number of aromatic nitrogens is 1. The van der Waals surface area contributed by atoms with Gasteiger partial charge in [0.25, 0.3) is 0 Å². The maximum atomic E-state index is 4.04. The number of pyridine rings is 1. The van der Waals surface area contributed by atoms with E-state index in [1.165, 1.54) is 0 Å². The van der Waals surface area contributed by atoms with Crippen molar-refractivity contribution in [1.29, 1.82) is 0 Å². The molecule has 0 unspecified atom stereocenters. The summed E-state index contributed by atoms with van der Waals surface area (Å²) in [7, 11) is 0. The van der Waals surface area contributed by atoms with Gasteiger partial charge in [-0.15, -0.1) is 0 Å². The fourth-order valence-electron chi connectivity index (χ4n) is 0.708. The normalized spacial score (nSPS) is 8.86. The zero-order chi connectivity index (χ0) is 10.1. The Morgan fingerprint density at radius 2 is 2.14 bits per heavy atom. The van der Waals surface area contributed by atoms with Crippen LogP contribution < -0.4 is 0 Å². The van der Waals surface area contributed by atoms with Crippen LogP contribution in [0, 0.1) is 13.0 Å². The summed E-state index contributed by atoms with van der Waals surface area (Å²) < 4.78 is 0. The van der Waals surface area contributed by atoms with Crippen LogP contribution in [0.15, 0.2) is 17.3 Å². The van der Waals surface area contributed by atoms with Crippen molar-refractivity contribution in [2.75, 3.05) is 0 Å². The molecule has 0 aliphatic rings. The van der Waals surface area contributed by atoms with Crippen LogP contribution in [0.4, 0.5) is 5.69 Å². The first-order valence-corrected chi connectivity index (χ1v) is 4.61. The van der Waals surface area contributed by atoms with Crippen molar-refractivity contribution in [2.45, 2.75) is 34.1 Å². The first kappa shape index (κ1) is 16.0. The molecule has 0 saturated carbocycles. The molecule has 0 bridgehead atoms. The summed E-state index contributed by atoms with van der Waals surface area (Å²) in [4.78, 5) is 8.04. The summed E-state index contributed by atoms with van der Waals surface area (Å²) in [5, 5.41) is 0. The van der Waals surface area contributed by atoms with Crippen molar-refractivity contribution in [3.05, 3.63) is 24.0 Å². The Bertz CT molecular complexity index is 259. The summed E-state index contributed by atoms with van der Waals surface area (Å²) in [6.07, 6.45) is 5.41. The molecular weight excluding hydrogens is 344 g/mol. The topological polar surface area (TPSA) is 25.2 Å². The number of aliphatic imine (C=N–C) groups is 1. The number of aryl methyl sites for hydroxylation is 1. The molecule has 1 aromatic rings. The van der Waals surface area contributed by atoms with E-state index in [0.29, 0.717) is 0 Å². The molecule has 0 N–H and O–H groups in total. The Morgan fingerprint density at radius 3 is 2.64 bits per heavy atom. The Kier molecular flexibility index (Phi) is 12.1. The van der Waals surface area contributed by atoms with E-state index in [-0.39, 0.29) is 21.1 Å². The van der Waals surface area contributed by atoms with E-state index in [4.69, 9.17) is 0 Å². The van der Waals surface area contributed by atoms with E-state index in [2.05, 4.69) is 22.3 Å². The molecule has 0 radical (unpaired) electrons. The molecule has 0 aliphatic heterocycles. The maximum Gasteiger partial charge on any atom is 2.00 e. The molecule has 14 heavy (non-hydrogen) atoms. The van der Waals surface area contributed by atoms with Crippen LogP contribution in [0.3, 0.4) is 0 Å². The Hall–Kier alpha value is -0.492. The van der Waals surface area contributed by atoms with Gasteiger partial charge in [0.05, 0.1) is 0 Å². The Labute approximate surface area is 101 Å². The van der Waals surface area contributed by atoms with Crippen LogP contribution in [0.1, 0.15) is 32.9 Å². The summed E-state index contributed by atoms with van der Waals surface area (Å²) in [5.74, 6) is 0. The van der Waals surface area contributed by atoms with Gasteiger partial charge in [-0.25, -0.2) is 0 Å². The zero-order valence-electron chi connectivity index (χ0n) is 9.16. The average molecular weight is 360 g/mol. The van der Waals surface area contributed by atoms with Crippen molar-refractivity contribution >= 4 is 11.9 Å². The van der Waals surface area contributed by atoms with E-state index in [1.54, 1.807) is 6.20 Å². The quantitative estimate of drug-likeness (QED) is 0.588. The van der Waals surface area contributed by atoms with E-state index in [9.17, 15) is 0 Å². The minimum absolute atomic E-state index is 0. The van der Waals surface area contributed by atoms with Gasteiger partial charge in [0.2, 0.25) is 0 Å². The fraction of sp³-hybridized carbons (Fsp3) is 0.455. The van der Waals surface area contributed by atoms with Crippen LogP contribution in [-0.4, -0.2) is 11.2 Å². The maximum absolute atomic E-state index is 4.04. The minimum atomic E-state index is 0. The van der Waals surface area contributed by atoms with Gasteiger partial charge in [-0.2, -0.15) is 6.21 Å². The average Bonchev–Trinajstić information content (AvgIpc) is 2.18. The number of hydrogen-bond donors (Lipinski definition) is 0. The summed E-state index contributed by atoms with van der Waals surface area (Å²) >= 11 is 0. The van der Waals surface area contributed by atoms with Gasteiger partial charge in [0, 0.05) is 0 Å². The largest absolute Gasteiger partial charge is 2.00 e. The van der Waals surface area contributed by atoms with E-state index < -0.39 is 0 Å². The van der Waals surface area contributed by atoms with Crippen LogP contribution in [0.25, 0.3) is 0 Å². The standard InChI is InChI=1S/C9H10N2.C2H6.W/c1-3-5-11-9-4-6-10-8(2)7-9;1-2;/h4,6H,3H2,1-2H3;1-2H3;/q-2;;+2. The molecule has 0 atom stereocenters. The molecule has 2 nitrogen and oxygen atoms in total. The van der Waals surface area contributed by atoms with Gasteiger partial charge in [0.1, 0.15) is 0 Å². The predicted octanol–water partition coefficient (Wildman–Crippen LogP) is 3.20. The summed E-state index contributed by atoms with van der Waals surface area (Å²) in [6, 6.07) is 4.82. The van der Waals surface area contributed by atoms with E-state index >= 15 is 0 Å². The van der Waals surface area contributed by atoms with Crippen LogP contribution in [-0.2, 0) is 21.1 Å². The first-order chi connectivity index (χ1) is 6.33. The molecule has 76 valence electrons. The van der Waals surface area contributed by atoms with Crippen molar-refractivity contribution in [3.63, 3.8) is 0 Å². The smallest absolute Gasteiger partial charge is 0.493 e. The molecule has 0 spiro atoms. The Morgan fingerprint density at radius 1 is 1.50 bits per heavy atom. The summed E-state index contributed by atoms with van der Waals surface area (Å²) in [6.45, 7) is 7.89. The molecule has 3 heteroatoms. The van der Waals surface area contributed by atoms with Gasteiger partial charge in [-0.1, -0.05) is 39.1 Å². The van der Waals surface area contributed by atoms with Gasteiger partial charge < -0.3 is 16.0 Å². The molecular formula is C11H16N2W. The predicted molar refractivity (Wildman–Crippen MR) is 56.5 cm³/mol. The van der Waals surface area contributed by atoms with Crippen LogP contribution in [0.2, 0.25) is 0 Å². The molecule has 1 aromatic heterocycles. The van der Waals surface area contributed by atoms with Crippen molar-refractivity contribution < 1.29 is 21.1 Å². The third-order valence-electron chi connectivity index (χ3n) is 1.17. The fourth-order valence-corrected chi connectivity index (χ4v) is 0.708. The zero-order valence-corrected chi connectivity index (χ0v) is 12.1. The van der Waals surface area contributed by atoms with Crippen LogP contribution >= 0.6 is 0 Å². The third-order valence-corrected chi connectivity index (χ3v) is 1.17. The van der Waals surface area contributed by atoms with E-state index in [0.717, 1.165) is 17.8 Å². The third kappa shape index (κ3) is 6.96. The molecule has 1 heterocycles. The second-order valence-electron chi connectivity index (χ2n) is 2.16. The second-order valence-corrected chi connectivity index (χ2v) is 2.16. The van der Waals surface area contributed by atoms with Crippen molar-refractivity contribution in [2.24, 2.45) is 4.99 Å². The monoisotopic (exact) mass is 360 g/mol. The molecule has 0 amide bonds. The molecule has 1 rings (SSSR count). The van der Waals surface area contributed by atoms with Crippen molar-refractivity contribution in [3.8, 4) is 0 Å².